The molecule has 0 atom stereocenters. The van der Waals surface area contributed by atoms with Crippen LogP contribution in [-0.4, -0.2) is 20.3 Å². The number of aliphatic imine (C=N–C) groups is 1. The van der Waals surface area contributed by atoms with Gasteiger partial charge in [-0.3, -0.25) is 0 Å². The van der Waals surface area contributed by atoms with Crippen LogP contribution in [0.5, 0.6) is 11.5 Å². The van der Waals surface area contributed by atoms with Crippen molar-refractivity contribution in [2.75, 3.05) is 14.2 Å². The van der Waals surface area contributed by atoms with Crippen LogP contribution in [0.25, 0.3) is 0 Å². The van der Waals surface area contributed by atoms with Gasteiger partial charge in [-0.1, -0.05) is 0 Å². The molecule has 0 fully saturated rings. The molecule has 0 unspecified atom stereocenters. The Bertz CT molecular complexity index is 386. The summed E-state index contributed by atoms with van der Waals surface area (Å²) in [6.07, 6.45) is 1.25. The molecule has 1 aromatic rings. The third-order valence-corrected chi connectivity index (χ3v) is 1.62. The maximum absolute atomic E-state index is 13.3. The van der Waals surface area contributed by atoms with Gasteiger partial charge in [0, 0.05) is 12.1 Å². The van der Waals surface area contributed by atoms with Crippen LogP contribution in [0.2, 0.25) is 0 Å². The minimum Gasteiger partial charge on any atom is -0.497 e. The lowest BCUT2D eigenvalue weighted by Crippen LogP contribution is -1.91. The quantitative estimate of drug-likeness (QED) is 0.548. The molecule has 0 aliphatic rings. The molecule has 0 radical (unpaired) electrons. The van der Waals surface area contributed by atoms with Gasteiger partial charge in [-0.05, 0) is 0 Å². The average Bonchev–Trinajstić information content (AvgIpc) is 2.21. The molecular formula is C9H8FNO3. The molecule has 0 bridgehead atoms. The zero-order chi connectivity index (χ0) is 10.6. The summed E-state index contributed by atoms with van der Waals surface area (Å²) in [4.78, 5) is 13.2. The van der Waals surface area contributed by atoms with Crippen LogP contribution in [-0.2, 0) is 4.79 Å². The van der Waals surface area contributed by atoms with Crippen molar-refractivity contribution in [2.45, 2.75) is 0 Å². The summed E-state index contributed by atoms with van der Waals surface area (Å²) in [5.74, 6) is -0.382. The summed E-state index contributed by atoms with van der Waals surface area (Å²) in [5, 5.41) is 0. The Labute approximate surface area is 80.0 Å². The summed E-state index contributed by atoms with van der Waals surface area (Å²) in [5.41, 5.74) is -0.156. The Balaban J connectivity index is 3.33. The molecule has 74 valence electrons. The fourth-order valence-corrected chi connectivity index (χ4v) is 0.955. The van der Waals surface area contributed by atoms with Crippen molar-refractivity contribution in [1.29, 1.82) is 0 Å². The molecular weight excluding hydrogens is 189 g/mol. The monoisotopic (exact) mass is 197 g/mol. The first kappa shape index (κ1) is 10.2. The molecule has 0 aliphatic heterocycles. The van der Waals surface area contributed by atoms with Crippen molar-refractivity contribution in [1.82, 2.24) is 0 Å². The average molecular weight is 197 g/mol. The van der Waals surface area contributed by atoms with Crippen molar-refractivity contribution >= 4 is 11.8 Å². The second-order valence-electron chi connectivity index (χ2n) is 2.37. The van der Waals surface area contributed by atoms with E-state index in [0.29, 0.717) is 5.75 Å². The van der Waals surface area contributed by atoms with E-state index >= 15 is 0 Å². The highest BCUT2D eigenvalue weighted by atomic mass is 19.1. The lowest BCUT2D eigenvalue weighted by atomic mass is 10.2. The summed E-state index contributed by atoms with van der Waals surface area (Å²) >= 11 is 0. The summed E-state index contributed by atoms with van der Waals surface area (Å²) < 4.78 is 22.9. The van der Waals surface area contributed by atoms with Gasteiger partial charge in [0.25, 0.3) is 0 Å². The van der Waals surface area contributed by atoms with Crippen LogP contribution >= 0.6 is 0 Å². The number of halogens is 1. The Hall–Kier alpha value is -1.87. The molecule has 0 aromatic heterocycles. The number of rotatable bonds is 3. The molecule has 14 heavy (non-hydrogen) atoms. The highest BCUT2D eigenvalue weighted by Gasteiger charge is 2.11. The fraction of sp³-hybridized carbons (Fsp3) is 0.222. The van der Waals surface area contributed by atoms with Gasteiger partial charge in [0.05, 0.1) is 14.2 Å². The van der Waals surface area contributed by atoms with Crippen LogP contribution in [0.3, 0.4) is 0 Å². The van der Waals surface area contributed by atoms with E-state index in [1.165, 1.54) is 32.4 Å². The van der Waals surface area contributed by atoms with Gasteiger partial charge in [-0.25, -0.2) is 9.18 Å². The van der Waals surface area contributed by atoms with E-state index in [4.69, 9.17) is 9.47 Å². The van der Waals surface area contributed by atoms with Crippen molar-refractivity contribution in [3.63, 3.8) is 0 Å². The predicted octanol–water partition coefficient (Wildman–Crippen LogP) is 1.81. The largest absolute Gasteiger partial charge is 0.497 e. The molecule has 5 heteroatoms. The lowest BCUT2D eigenvalue weighted by molar-refractivity contribution is 0.374. The second-order valence-corrected chi connectivity index (χ2v) is 2.37. The maximum Gasteiger partial charge on any atom is 0.240 e. The van der Waals surface area contributed by atoms with Crippen LogP contribution < -0.4 is 9.47 Å². The number of carbonyl (C=O) groups excluding carboxylic acids is 1. The van der Waals surface area contributed by atoms with E-state index in [0.717, 1.165) is 0 Å². The summed E-state index contributed by atoms with van der Waals surface area (Å²) in [6.45, 7) is 0. The smallest absolute Gasteiger partial charge is 0.240 e. The van der Waals surface area contributed by atoms with E-state index < -0.39 is 5.82 Å². The van der Waals surface area contributed by atoms with Gasteiger partial charge < -0.3 is 9.47 Å². The van der Waals surface area contributed by atoms with Crippen LogP contribution in [0.15, 0.2) is 17.1 Å². The van der Waals surface area contributed by atoms with Gasteiger partial charge in [0.1, 0.15) is 11.4 Å². The third kappa shape index (κ3) is 1.89. The SMILES string of the molecule is COc1cc(N=C=O)c(F)c(OC)c1. The number of hydrogen-bond donors (Lipinski definition) is 0. The topological polar surface area (TPSA) is 47.9 Å². The molecule has 4 nitrogen and oxygen atoms in total. The van der Waals surface area contributed by atoms with Gasteiger partial charge in [0.15, 0.2) is 11.6 Å². The van der Waals surface area contributed by atoms with E-state index in [-0.39, 0.29) is 11.4 Å². The Morgan fingerprint density at radius 1 is 1.36 bits per heavy atom. The Kier molecular flexibility index (Phi) is 3.20. The van der Waals surface area contributed by atoms with Crippen molar-refractivity contribution in [3.8, 4) is 11.5 Å². The van der Waals surface area contributed by atoms with Crippen LogP contribution in [0.4, 0.5) is 10.1 Å². The predicted molar refractivity (Wildman–Crippen MR) is 47.3 cm³/mol. The molecule has 0 saturated heterocycles. The zero-order valence-corrected chi connectivity index (χ0v) is 7.70. The van der Waals surface area contributed by atoms with Gasteiger partial charge in [0.2, 0.25) is 6.08 Å². The van der Waals surface area contributed by atoms with Crippen molar-refractivity contribution < 1.29 is 18.7 Å². The Morgan fingerprint density at radius 3 is 2.57 bits per heavy atom. The first-order valence-corrected chi connectivity index (χ1v) is 3.72. The van der Waals surface area contributed by atoms with Gasteiger partial charge >= 0.3 is 0 Å². The summed E-state index contributed by atoms with van der Waals surface area (Å²) in [7, 11) is 2.73. The van der Waals surface area contributed by atoms with Crippen molar-refractivity contribution in [3.05, 3.63) is 17.9 Å². The molecule has 0 saturated carbocycles. The molecule has 0 amide bonds. The second kappa shape index (κ2) is 4.39. The number of hydrogen-bond acceptors (Lipinski definition) is 4. The molecule has 0 heterocycles. The maximum atomic E-state index is 13.3. The number of methoxy groups -OCH3 is 2. The van der Waals surface area contributed by atoms with Crippen LogP contribution in [0.1, 0.15) is 0 Å². The van der Waals surface area contributed by atoms with Gasteiger partial charge in [-0.15, -0.1) is 0 Å². The fourth-order valence-electron chi connectivity index (χ4n) is 0.955. The summed E-state index contributed by atoms with van der Waals surface area (Å²) in [6, 6.07) is 2.64. The number of isocyanates is 1. The Morgan fingerprint density at radius 2 is 2.07 bits per heavy atom. The highest BCUT2D eigenvalue weighted by molar-refractivity contribution is 5.56. The first-order valence-electron chi connectivity index (χ1n) is 3.72. The molecule has 0 spiro atoms. The number of benzene rings is 1. The normalized spacial score (nSPS) is 9.07. The van der Waals surface area contributed by atoms with E-state index in [1.54, 1.807) is 0 Å². The molecule has 1 rings (SSSR count). The standard InChI is InChI=1S/C9H8FNO3/c1-13-6-3-7(11-5-12)9(10)8(4-6)14-2/h3-4H,1-2H3. The van der Waals surface area contributed by atoms with Crippen molar-refractivity contribution in [2.24, 2.45) is 4.99 Å². The molecule has 1 aromatic carbocycles. The number of nitrogens with zero attached hydrogens (tertiary/aromatic N) is 1. The third-order valence-electron chi connectivity index (χ3n) is 1.62. The first-order chi connectivity index (χ1) is 6.72. The zero-order valence-electron chi connectivity index (χ0n) is 7.70. The van der Waals surface area contributed by atoms with E-state index in [1.807, 2.05) is 0 Å². The highest BCUT2D eigenvalue weighted by Crippen LogP contribution is 2.31. The molecule has 0 N–H and O–H groups in total. The minimum absolute atomic E-state index is 0.0293. The van der Waals surface area contributed by atoms with E-state index in [2.05, 4.69) is 4.99 Å². The van der Waals surface area contributed by atoms with Gasteiger partial charge in [-0.2, -0.15) is 4.99 Å². The molecule has 0 aliphatic carbocycles. The van der Waals surface area contributed by atoms with Crippen LogP contribution in [0, 0.1) is 5.82 Å². The van der Waals surface area contributed by atoms with E-state index in [9.17, 15) is 9.18 Å². The minimum atomic E-state index is -0.711. The number of ether oxygens (including phenoxy) is 2. The lowest BCUT2D eigenvalue weighted by Gasteiger charge is -2.06.